The van der Waals surface area contributed by atoms with Crippen molar-refractivity contribution in [3.63, 3.8) is 0 Å². The third kappa shape index (κ3) is 3.78. The number of carboxylic acids is 1. The number of aryl methyl sites for hydroxylation is 1. The third-order valence-electron chi connectivity index (χ3n) is 5.00. The number of anilines is 1. The molecule has 4 rings (SSSR count). The first-order chi connectivity index (χ1) is 14.8. The first kappa shape index (κ1) is 21.0. The Morgan fingerprint density at radius 3 is 2.45 bits per heavy atom. The molecule has 2 heterocycles. The number of amides is 2. The Labute approximate surface area is 187 Å². The molecule has 1 aliphatic heterocycles. The van der Waals surface area contributed by atoms with Crippen LogP contribution >= 0.6 is 23.4 Å². The summed E-state index contributed by atoms with van der Waals surface area (Å²) < 4.78 is 1.84. The number of hydrogen-bond donors (Lipinski definition) is 1. The summed E-state index contributed by atoms with van der Waals surface area (Å²) in [5.74, 6) is -1.42. The number of aromatic carboxylic acids is 1. The monoisotopic (exact) mass is 452 g/mol. The van der Waals surface area contributed by atoms with Gasteiger partial charge >= 0.3 is 5.97 Å². The molecule has 156 valence electrons. The van der Waals surface area contributed by atoms with Gasteiger partial charge in [-0.2, -0.15) is 0 Å². The summed E-state index contributed by atoms with van der Waals surface area (Å²) in [7, 11) is 0. The van der Waals surface area contributed by atoms with Crippen molar-refractivity contribution < 1.29 is 19.5 Å². The number of carbonyl (C=O) groups excluding carboxylic acids is 2. The van der Waals surface area contributed by atoms with Crippen molar-refractivity contribution in [2.24, 2.45) is 0 Å². The van der Waals surface area contributed by atoms with Crippen LogP contribution in [0.15, 0.2) is 59.5 Å². The van der Waals surface area contributed by atoms with E-state index in [4.69, 9.17) is 11.6 Å². The van der Waals surface area contributed by atoms with Gasteiger partial charge in [-0.1, -0.05) is 29.8 Å². The van der Waals surface area contributed by atoms with E-state index in [2.05, 4.69) is 0 Å². The predicted octanol–water partition coefficient (Wildman–Crippen LogP) is 5.69. The van der Waals surface area contributed by atoms with Crippen LogP contribution in [0, 0.1) is 13.8 Å². The molecule has 1 aromatic heterocycles. The average molecular weight is 453 g/mol. The fourth-order valence-corrected chi connectivity index (χ4v) is 4.56. The zero-order valence-corrected chi connectivity index (χ0v) is 18.2. The van der Waals surface area contributed by atoms with Gasteiger partial charge in [-0.15, -0.1) is 0 Å². The van der Waals surface area contributed by atoms with Gasteiger partial charge in [0.2, 0.25) is 0 Å². The molecule has 2 aromatic carbocycles. The second kappa shape index (κ2) is 8.09. The van der Waals surface area contributed by atoms with E-state index in [0.717, 1.165) is 33.6 Å². The van der Waals surface area contributed by atoms with Crippen LogP contribution in [-0.2, 0) is 4.79 Å². The van der Waals surface area contributed by atoms with E-state index in [1.54, 1.807) is 36.4 Å². The Balaban J connectivity index is 1.74. The fraction of sp³-hybridized carbons (Fsp3) is 0.0870. The summed E-state index contributed by atoms with van der Waals surface area (Å²) in [5, 5.41) is 9.37. The quantitative estimate of drug-likeness (QED) is 0.514. The van der Waals surface area contributed by atoms with Crippen LogP contribution in [0.4, 0.5) is 10.5 Å². The summed E-state index contributed by atoms with van der Waals surface area (Å²) in [6.07, 6.45) is 1.68. The van der Waals surface area contributed by atoms with Crippen LogP contribution in [0.2, 0.25) is 5.02 Å². The average Bonchev–Trinajstić information content (AvgIpc) is 3.17. The molecule has 6 nitrogen and oxygen atoms in total. The number of para-hydroxylation sites is 1. The van der Waals surface area contributed by atoms with Crippen LogP contribution in [0.1, 0.15) is 27.3 Å². The second-order valence-electron chi connectivity index (χ2n) is 6.99. The van der Waals surface area contributed by atoms with Gasteiger partial charge in [0.15, 0.2) is 0 Å². The molecule has 2 amide bonds. The predicted molar refractivity (Wildman–Crippen MR) is 122 cm³/mol. The normalized spacial score (nSPS) is 15.2. The molecule has 0 saturated carbocycles. The van der Waals surface area contributed by atoms with E-state index in [1.165, 1.54) is 12.1 Å². The molecule has 1 fully saturated rings. The Hall–Kier alpha value is -3.29. The maximum absolute atomic E-state index is 12.9. The van der Waals surface area contributed by atoms with Gasteiger partial charge in [-0.25, -0.2) is 9.69 Å². The first-order valence-electron chi connectivity index (χ1n) is 9.33. The largest absolute Gasteiger partial charge is 0.478 e. The van der Waals surface area contributed by atoms with Crippen molar-refractivity contribution in [3.05, 3.63) is 87.0 Å². The SMILES string of the molecule is Cc1cc(C=C2SC(=O)N(c3ccccc3)C2=O)c(C)n1-c1cc(C(=O)O)ccc1Cl. The highest BCUT2D eigenvalue weighted by atomic mass is 35.5. The van der Waals surface area contributed by atoms with Gasteiger partial charge in [-0.05, 0) is 73.6 Å². The molecule has 0 aliphatic carbocycles. The lowest BCUT2D eigenvalue weighted by Gasteiger charge is -2.12. The van der Waals surface area contributed by atoms with Gasteiger partial charge in [-0.3, -0.25) is 9.59 Å². The first-order valence-corrected chi connectivity index (χ1v) is 10.5. The molecule has 8 heteroatoms. The van der Waals surface area contributed by atoms with Crippen molar-refractivity contribution in [2.45, 2.75) is 13.8 Å². The maximum Gasteiger partial charge on any atom is 0.335 e. The number of carboxylic acid groups (broad SMARTS) is 1. The Kier molecular flexibility index (Phi) is 5.47. The molecule has 0 unspecified atom stereocenters. The molecular weight excluding hydrogens is 436 g/mol. The highest BCUT2D eigenvalue weighted by molar-refractivity contribution is 8.19. The molecular formula is C23H17ClN2O4S. The maximum atomic E-state index is 12.9. The van der Waals surface area contributed by atoms with Gasteiger partial charge < -0.3 is 9.67 Å². The van der Waals surface area contributed by atoms with Crippen LogP contribution < -0.4 is 4.90 Å². The number of thioether (sulfide) groups is 1. The minimum atomic E-state index is -1.05. The number of hydrogen-bond acceptors (Lipinski definition) is 4. The zero-order chi connectivity index (χ0) is 22.3. The fourth-order valence-electron chi connectivity index (χ4n) is 3.53. The van der Waals surface area contributed by atoms with E-state index < -0.39 is 5.97 Å². The number of halogens is 1. The molecule has 3 aromatic rings. The van der Waals surface area contributed by atoms with Gasteiger partial charge in [0.05, 0.1) is 26.9 Å². The molecule has 31 heavy (non-hydrogen) atoms. The van der Waals surface area contributed by atoms with Crippen molar-refractivity contribution in [1.29, 1.82) is 0 Å². The van der Waals surface area contributed by atoms with E-state index in [9.17, 15) is 19.5 Å². The Morgan fingerprint density at radius 1 is 1.06 bits per heavy atom. The highest BCUT2D eigenvalue weighted by Gasteiger charge is 2.36. The summed E-state index contributed by atoms with van der Waals surface area (Å²) in [4.78, 5) is 38.2. The minimum Gasteiger partial charge on any atom is -0.478 e. The highest BCUT2D eigenvalue weighted by Crippen LogP contribution is 2.37. The van der Waals surface area contributed by atoms with Crippen LogP contribution in [-0.4, -0.2) is 26.8 Å². The number of imide groups is 1. The van der Waals surface area contributed by atoms with Gasteiger partial charge in [0, 0.05) is 11.4 Å². The van der Waals surface area contributed by atoms with Gasteiger partial charge in [0.25, 0.3) is 11.1 Å². The standard InChI is InChI=1S/C23H17ClN2O4S/c1-13-10-16(14(2)25(13)19-11-15(22(28)29)8-9-18(19)24)12-20-21(27)26(23(30)31-20)17-6-4-3-5-7-17/h3-12H,1-2H3,(H,28,29). The van der Waals surface area contributed by atoms with E-state index in [1.807, 2.05) is 30.5 Å². The summed E-state index contributed by atoms with van der Waals surface area (Å²) in [6.45, 7) is 3.72. The zero-order valence-electron chi connectivity index (χ0n) is 16.6. The van der Waals surface area contributed by atoms with Crippen molar-refractivity contribution in [2.75, 3.05) is 4.90 Å². The molecule has 1 N–H and O–H groups in total. The van der Waals surface area contributed by atoms with Gasteiger partial charge in [0.1, 0.15) is 0 Å². The van der Waals surface area contributed by atoms with Crippen LogP contribution in [0.25, 0.3) is 11.8 Å². The number of carbonyl (C=O) groups is 3. The lowest BCUT2D eigenvalue weighted by atomic mass is 10.2. The molecule has 0 atom stereocenters. The Bertz CT molecular complexity index is 1260. The Morgan fingerprint density at radius 2 is 1.77 bits per heavy atom. The lowest BCUT2D eigenvalue weighted by molar-refractivity contribution is -0.113. The van der Waals surface area contributed by atoms with Crippen LogP contribution in [0.5, 0.6) is 0 Å². The molecule has 1 aliphatic rings. The smallest absolute Gasteiger partial charge is 0.335 e. The molecule has 0 bridgehead atoms. The minimum absolute atomic E-state index is 0.123. The lowest BCUT2D eigenvalue weighted by Crippen LogP contribution is -2.27. The topological polar surface area (TPSA) is 79.6 Å². The van der Waals surface area contributed by atoms with Crippen molar-refractivity contribution >= 4 is 52.2 Å². The van der Waals surface area contributed by atoms with Crippen molar-refractivity contribution in [3.8, 4) is 5.69 Å². The third-order valence-corrected chi connectivity index (χ3v) is 6.19. The molecule has 1 saturated heterocycles. The summed E-state index contributed by atoms with van der Waals surface area (Å²) >= 11 is 7.24. The number of rotatable bonds is 4. The molecule has 0 radical (unpaired) electrons. The summed E-state index contributed by atoms with van der Waals surface area (Å²) in [5.41, 5.74) is 3.51. The second-order valence-corrected chi connectivity index (χ2v) is 8.39. The van der Waals surface area contributed by atoms with E-state index in [0.29, 0.717) is 21.3 Å². The van der Waals surface area contributed by atoms with E-state index in [-0.39, 0.29) is 16.7 Å². The summed E-state index contributed by atoms with van der Waals surface area (Å²) in [6, 6.07) is 15.2. The number of nitrogens with zero attached hydrogens (tertiary/aromatic N) is 2. The van der Waals surface area contributed by atoms with Crippen LogP contribution in [0.3, 0.4) is 0 Å². The number of aromatic nitrogens is 1. The van der Waals surface area contributed by atoms with E-state index >= 15 is 0 Å². The number of benzene rings is 2. The van der Waals surface area contributed by atoms with Crippen molar-refractivity contribution in [1.82, 2.24) is 4.57 Å². The molecule has 0 spiro atoms.